The van der Waals surface area contributed by atoms with Crippen LogP contribution in [0.25, 0.3) is 0 Å². The lowest BCUT2D eigenvalue weighted by Gasteiger charge is -2.28. The van der Waals surface area contributed by atoms with Crippen molar-refractivity contribution >= 4 is 17.2 Å². The van der Waals surface area contributed by atoms with Crippen LogP contribution in [0.2, 0.25) is 0 Å². The molecule has 0 radical (unpaired) electrons. The molecule has 0 fully saturated rings. The minimum Gasteiger partial charge on any atom is -0.349 e. The van der Waals surface area contributed by atoms with Gasteiger partial charge in [0.1, 0.15) is 0 Å². The van der Waals surface area contributed by atoms with Gasteiger partial charge in [-0.05, 0) is 42.2 Å². The van der Waals surface area contributed by atoms with E-state index in [4.69, 9.17) is 0 Å². The third-order valence-corrected chi connectivity index (χ3v) is 4.94. The first kappa shape index (κ1) is 16.0. The summed E-state index contributed by atoms with van der Waals surface area (Å²) in [4.78, 5) is 24.3. The van der Waals surface area contributed by atoms with Crippen LogP contribution in [-0.2, 0) is 19.4 Å². The summed E-state index contributed by atoms with van der Waals surface area (Å²) in [5, 5.41) is 6.90. The van der Waals surface area contributed by atoms with E-state index in [1.807, 2.05) is 27.5 Å². The van der Waals surface area contributed by atoms with Crippen LogP contribution in [0.4, 0.5) is 0 Å². The minimum atomic E-state index is -0.00444. The summed E-state index contributed by atoms with van der Waals surface area (Å²) in [5.74, 6) is 0.436. The molecule has 1 amide bonds. The van der Waals surface area contributed by atoms with E-state index in [1.54, 1.807) is 6.07 Å². The first-order valence-electron chi connectivity index (χ1n) is 8.09. The average molecular weight is 330 g/mol. The highest BCUT2D eigenvalue weighted by Gasteiger charge is 2.23. The number of rotatable bonds is 4. The van der Waals surface area contributed by atoms with Gasteiger partial charge in [-0.2, -0.15) is 11.3 Å². The Morgan fingerprint density at radius 2 is 2.22 bits per heavy atom. The molecule has 122 valence electrons. The highest BCUT2D eigenvalue weighted by atomic mass is 32.1. The molecule has 0 saturated carbocycles. The van der Waals surface area contributed by atoms with Crippen LogP contribution in [0, 0.1) is 5.92 Å². The second-order valence-electron chi connectivity index (χ2n) is 6.57. The minimum absolute atomic E-state index is 0.00444. The fourth-order valence-corrected chi connectivity index (χ4v) is 3.81. The number of pyridine rings is 1. The van der Waals surface area contributed by atoms with Gasteiger partial charge in [0.15, 0.2) is 0 Å². The van der Waals surface area contributed by atoms with Crippen molar-refractivity contribution in [1.29, 1.82) is 0 Å². The van der Waals surface area contributed by atoms with Crippen molar-refractivity contribution < 1.29 is 4.79 Å². The summed E-state index contributed by atoms with van der Waals surface area (Å²) in [6.07, 6.45) is 2.51. The topological polar surface area (TPSA) is 51.1 Å². The van der Waals surface area contributed by atoms with Crippen LogP contribution in [-0.4, -0.2) is 16.5 Å². The van der Waals surface area contributed by atoms with Gasteiger partial charge < -0.3 is 9.88 Å². The monoisotopic (exact) mass is 330 g/mol. The predicted molar refractivity (Wildman–Crippen MR) is 93.1 cm³/mol. The van der Waals surface area contributed by atoms with E-state index in [1.165, 1.54) is 16.9 Å². The predicted octanol–water partition coefficient (Wildman–Crippen LogP) is 2.85. The lowest BCUT2D eigenvalue weighted by atomic mass is 9.91. The summed E-state index contributed by atoms with van der Waals surface area (Å²) in [6, 6.07) is 5.57. The fourth-order valence-electron chi connectivity index (χ4n) is 3.18. The molecular weight excluding hydrogens is 308 g/mol. The van der Waals surface area contributed by atoms with Crippen LogP contribution < -0.4 is 10.9 Å². The van der Waals surface area contributed by atoms with E-state index in [-0.39, 0.29) is 17.5 Å². The van der Waals surface area contributed by atoms with Crippen molar-refractivity contribution in [2.45, 2.75) is 45.7 Å². The number of carbonyl (C=O) groups excluding carboxylic acids is 1. The van der Waals surface area contributed by atoms with Gasteiger partial charge in [0.05, 0.1) is 0 Å². The quantitative estimate of drug-likeness (QED) is 0.937. The normalized spacial score (nSPS) is 17.1. The van der Waals surface area contributed by atoms with Crippen molar-refractivity contribution in [2.24, 2.45) is 5.92 Å². The molecule has 2 heterocycles. The SMILES string of the molecule is CC(C)Cn1c2c(ccc1=O)C[C@H](NC(=O)c1ccsc1)CC2. The van der Waals surface area contributed by atoms with Crippen molar-refractivity contribution in [3.8, 4) is 0 Å². The van der Waals surface area contributed by atoms with Crippen LogP contribution >= 0.6 is 11.3 Å². The van der Waals surface area contributed by atoms with Crippen LogP contribution in [0.3, 0.4) is 0 Å². The first-order chi connectivity index (χ1) is 11.0. The number of nitrogens with zero attached hydrogens (tertiary/aromatic N) is 1. The molecule has 3 rings (SSSR count). The Labute approximate surface area is 140 Å². The van der Waals surface area contributed by atoms with Crippen molar-refractivity contribution in [3.05, 3.63) is 56.1 Å². The first-order valence-corrected chi connectivity index (χ1v) is 9.03. The summed E-state index contributed by atoms with van der Waals surface area (Å²) in [7, 11) is 0. The van der Waals surface area contributed by atoms with E-state index in [2.05, 4.69) is 19.2 Å². The van der Waals surface area contributed by atoms with Crippen molar-refractivity contribution in [2.75, 3.05) is 0 Å². The molecule has 0 saturated heterocycles. The van der Waals surface area contributed by atoms with Gasteiger partial charge in [0.2, 0.25) is 0 Å². The molecule has 1 aliphatic rings. The molecule has 4 nitrogen and oxygen atoms in total. The average Bonchev–Trinajstić information content (AvgIpc) is 3.04. The molecule has 2 aromatic heterocycles. The molecule has 23 heavy (non-hydrogen) atoms. The maximum absolute atomic E-state index is 12.2. The lowest BCUT2D eigenvalue weighted by molar-refractivity contribution is 0.0934. The van der Waals surface area contributed by atoms with Gasteiger partial charge in [-0.15, -0.1) is 0 Å². The van der Waals surface area contributed by atoms with Gasteiger partial charge in [-0.3, -0.25) is 9.59 Å². The molecule has 1 atom stereocenters. The Morgan fingerprint density at radius 1 is 1.39 bits per heavy atom. The molecule has 0 spiro atoms. The van der Waals surface area contributed by atoms with E-state index < -0.39 is 0 Å². The number of carbonyl (C=O) groups is 1. The molecule has 2 aromatic rings. The molecule has 0 aromatic carbocycles. The van der Waals surface area contributed by atoms with E-state index in [0.29, 0.717) is 5.92 Å². The Balaban J connectivity index is 1.76. The van der Waals surface area contributed by atoms with Gasteiger partial charge in [0.25, 0.3) is 11.5 Å². The summed E-state index contributed by atoms with van der Waals surface area (Å²) in [6.45, 7) is 5.00. The largest absolute Gasteiger partial charge is 0.349 e. The van der Waals surface area contributed by atoms with E-state index in [9.17, 15) is 9.59 Å². The summed E-state index contributed by atoms with van der Waals surface area (Å²) >= 11 is 1.53. The van der Waals surface area contributed by atoms with Crippen LogP contribution in [0.5, 0.6) is 0 Å². The molecule has 0 aliphatic heterocycles. The Hall–Kier alpha value is -1.88. The molecular formula is C18H22N2O2S. The maximum Gasteiger partial charge on any atom is 0.252 e. The number of aromatic nitrogens is 1. The van der Waals surface area contributed by atoms with Gasteiger partial charge in [-0.25, -0.2) is 0 Å². The number of nitrogens with one attached hydrogen (secondary N) is 1. The second-order valence-corrected chi connectivity index (χ2v) is 7.35. The Morgan fingerprint density at radius 3 is 2.91 bits per heavy atom. The molecule has 1 aliphatic carbocycles. The number of thiophene rings is 1. The Bertz CT molecular complexity index is 747. The third-order valence-electron chi connectivity index (χ3n) is 4.25. The standard InChI is InChI=1S/C18H22N2O2S/c1-12(2)10-20-16-5-4-15(9-13(16)3-6-17(20)21)19-18(22)14-7-8-23-11-14/h3,6-8,11-12,15H,4-5,9-10H2,1-2H3,(H,19,22)/t15-/m1/s1. The van der Waals surface area contributed by atoms with Crippen molar-refractivity contribution in [3.63, 3.8) is 0 Å². The smallest absolute Gasteiger partial charge is 0.252 e. The van der Waals surface area contributed by atoms with Crippen LogP contribution in [0.15, 0.2) is 33.8 Å². The zero-order chi connectivity index (χ0) is 16.4. The van der Waals surface area contributed by atoms with E-state index in [0.717, 1.165) is 37.1 Å². The highest BCUT2D eigenvalue weighted by molar-refractivity contribution is 7.08. The lowest BCUT2D eigenvalue weighted by Crippen LogP contribution is -2.40. The summed E-state index contributed by atoms with van der Waals surface area (Å²) in [5.41, 5.74) is 3.14. The number of hydrogen-bond donors (Lipinski definition) is 1. The molecule has 0 bridgehead atoms. The molecule has 5 heteroatoms. The van der Waals surface area contributed by atoms with Crippen molar-refractivity contribution in [1.82, 2.24) is 9.88 Å². The Kier molecular flexibility index (Phi) is 4.66. The number of amides is 1. The number of hydrogen-bond acceptors (Lipinski definition) is 3. The highest BCUT2D eigenvalue weighted by Crippen LogP contribution is 2.21. The molecule has 1 N–H and O–H groups in total. The van der Waals surface area contributed by atoms with Gasteiger partial charge in [0, 0.05) is 35.3 Å². The third kappa shape index (κ3) is 3.55. The van der Waals surface area contributed by atoms with E-state index >= 15 is 0 Å². The zero-order valence-corrected chi connectivity index (χ0v) is 14.4. The van der Waals surface area contributed by atoms with Gasteiger partial charge in [-0.1, -0.05) is 19.9 Å². The summed E-state index contributed by atoms with van der Waals surface area (Å²) < 4.78 is 1.91. The van der Waals surface area contributed by atoms with Crippen LogP contribution in [0.1, 0.15) is 41.9 Å². The maximum atomic E-state index is 12.2. The van der Waals surface area contributed by atoms with Gasteiger partial charge >= 0.3 is 0 Å². The molecule has 0 unspecified atom stereocenters. The fraction of sp³-hybridized carbons (Fsp3) is 0.444. The second kappa shape index (κ2) is 6.71. The zero-order valence-electron chi connectivity index (χ0n) is 13.5. The number of fused-ring (bicyclic) bond motifs is 1.